The molecule has 3 nitrogen and oxygen atoms in total. The third-order valence-corrected chi connectivity index (χ3v) is 2.73. The monoisotopic (exact) mass is 227 g/mol. The third-order valence-electron chi connectivity index (χ3n) is 2.73. The van der Waals surface area contributed by atoms with E-state index in [1.165, 1.54) is 12.8 Å². The Kier molecular flexibility index (Phi) is 4.36. The van der Waals surface area contributed by atoms with Crippen molar-refractivity contribution >= 4 is 18.2 Å². The Labute approximate surface area is 97.1 Å². The van der Waals surface area contributed by atoms with Crippen LogP contribution in [0.2, 0.25) is 0 Å². The lowest BCUT2D eigenvalue weighted by atomic mass is 10.1. The van der Waals surface area contributed by atoms with Gasteiger partial charge in [0.05, 0.1) is 0 Å². The van der Waals surface area contributed by atoms with Gasteiger partial charge in [0, 0.05) is 25.3 Å². The lowest BCUT2D eigenvalue weighted by Crippen LogP contribution is -2.19. The molecule has 2 heterocycles. The highest BCUT2D eigenvalue weighted by atomic mass is 35.5. The number of aromatic nitrogens is 1. The van der Waals surface area contributed by atoms with Gasteiger partial charge in [-0.2, -0.15) is 0 Å². The van der Waals surface area contributed by atoms with Crippen LogP contribution >= 0.6 is 12.4 Å². The van der Waals surface area contributed by atoms with E-state index in [9.17, 15) is 0 Å². The second-order valence-electron chi connectivity index (χ2n) is 3.93. The molecule has 0 aromatic carbocycles. The molecule has 0 radical (unpaired) electrons. The van der Waals surface area contributed by atoms with Gasteiger partial charge < -0.3 is 10.6 Å². The molecule has 1 aromatic heterocycles. The van der Waals surface area contributed by atoms with Crippen LogP contribution in [0.3, 0.4) is 0 Å². The highest BCUT2D eigenvalue weighted by Gasteiger charge is 2.13. The molecule has 0 saturated carbocycles. The minimum absolute atomic E-state index is 0. The molecule has 84 valence electrons. The van der Waals surface area contributed by atoms with Crippen LogP contribution in [0.1, 0.15) is 31.4 Å². The molecule has 0 amide bonds. The molecular formula is C11H18ClN3. The summed E-state index contributed by atoms with van der Waals surface area (Å²) in [6.07, 6.45) is 4.46. The highest BCUT2D eigenvalue weighted by molar-refractivity contribution is 5.85. The molecule has 1 aromatic rings. The van der Waals surface area contributed by atoms with E-state index in [4.69, 9.17) is 5.73 Å². The number of nitrogens with two attached hydrogens (primary N) is 1. The minimum Gasteiger partial charge on any atom is -0.357 e. The van der Waals surface area contributed by atoms with Gasteiger partial charge in [0.2, 0.25) is 0 Å². The number of hydrogen-bond donors (Lipinski definition) is 1. The summed E-state index contributed by atoms with van der Waals surface area (Å²) >= 11 is 0. The van der Waals surface area contributed by atoms with Gasteiger partial charge in [-0.25, -0.2) is 4.98 Å². The van der Waals surface area contributed by atoms with Crippen LogP contribution in [0.25, 0.3) is 0 Å². The Morgan fingerprint density at radius 1 is 1.33 bits per heavy atom. The first-order valence-corrected chi connectivity index (χ1v) is 5.24. The lowest BCUT2D eigenvalue weighted by molar-refractivity contribution is 0.808. The van der Waals surface area contributed by atoms with Crippen molar-refractivity contribution in [3.8, 4) is 0 Å². The number of nitrogens with zero attached hydrogens (tertiary/aromatic N) is 2. The summed E-state index contributed by atoms with van der Waals surface area (Å²) in [7, 11) is 0. The van der Waals surface area contributed by atoms with Crippen molar-refractivity contribution in [1.82, 2.24) is 4.98 Å². The zero-order valence-electron chi connectivity index (χ0n) is 9.02. The van der Waals surface area contributed by atoms with E-state index in [-0.39, 0.29) is 18.4 Å². The summed E-state index contributed by atoms with van der Waals surface area (Å²) in [5, 5.41) is 0. The maximum Gasteiger partial charge on any atom is 0.128 e. The van der Waals surface area contributed by atoms with Gasteiger partial charge in [-0.1, -0.05) is 6.07 Å². The van der Waals surface area contributed by atoms with Crippen molar-refractivity contribution in [2.45, 2.75) is 25.8 Å². The average Bonchev–Trinajstić information content (AvgIpc) is 2.71. The largest absolute Gasteiger partial charge is 0.357 e. The highest BCUT2D eigenvalue weighted by Crippen LogP contribution is 2.18. The normalized spacial score (nSPS) is 17.3. The second kappa shape index (κ2) is 5.33. The molecule has 0 aliphatic carbocycles. The molecule has 4 heteroatoms. The third kappa shape index (κ3) is 2.83. The molecular weight excluding hydrogens is 210 g/mol. The van der Waals surface area contributed by atoms with E-state index in [0.29, 0.717) is 0 Å². The Morgan fingerprint density at radius 2 is 2.00 bits per heavy atom. The van der Waals surface area contributed by atoms with Crippen molar-refractivity contribution in [3.63, 3.8) is 0 Å². The van der Waals surface area contributed by atoms with Crippen LogP contribution in [-0.4, -0.2) is 18.1 Å². The summed E-state index contributed by atoms with van der Waals surface area (Å²) in [6.45, 7) is 4.27. The van der Waals surface area contributed by atoms with Gasteiger partial charge in [-0.15, -0.1) is 12.4 Å². The number of hydrogen-bond acceptors (Lipinski definition) is 3. The fourth-order valence-corrected chi connectivity index (χ4v) is 1.80. The van der Waals surface area contributed by atoms with Crippen molar-refractivity contribution < 1.29 is 0 Å². The SMILES string of the molecule is C[C@H](N)c1ccc(N2CCCC2)nc1.Cl. The number of halogens is 1. The van der Waals surface area contributed by atoms with Gasteiger partial charge in [0.15, 0.2) is 0 Å². The molecule has 1 saturated heterocycles. The fraction of sp³-hybridized carbons (Fsp3) is 0.545. The van der Waals surface area contributed by atoms with E-state index < -0.39 is 0 Å². The van der Waals surface area contributed by atoms with E-state index >= 15 is 0 Å². The molecule has 0 bridgehead atoms. The summed E-state index contributed by atoms with van der Waals surface area (Å²) in [4.78, 5) is 6.75. The smallest absolute Gasteiger partial charge is 0.128 e. The van der Waals surface area contributed by atoms with Gasteiger partial charge in [0.25, 0.3) is 0 Å². The van der Waals surface area contributed by atoms with E-state index in [1.807, 2.05) is 13.1 Å². The lowest BCUT2D eigenvalue weighted by Gasteiger charge is -2.16. The maximum absolute atomic E-state index is 5.76. The van der Waals surface area contributed by atoms with Crippen LogP contribution < -0.4 is 10.6 Å². The first-order chi connectivity index (χ1) is 6.77. The number of anilines is 1. The van der Waals surface area contributed by atoms with E-state index in [1.54, 1.807) is 0 Å². The van der Waals surface area contributed by atoms with Crippen LogP contribution in [0.15, 0.2) is 18.3 Å². The van der Waals surface area contributed by atoms with Crippen molar-refractivity contribution in [2.24, 2.45) is 5.73 Å². The van der Waals surface area contributed by atoms with Crippen molar-refractivity contribution in [2.75, 3.05) is 18.0 Å². The maximum atomic E-state index is 5.76. The van der Waals surface area contributed by atoms with Crippen LogP contribution in [0.5, 0.6) is 0 Å². The number of rotatable bonds is 2. The molecule has 15 heavy (non-hydrogen) atoms. The number of pyridine rings is 1. The minimum atomic E-state index is 0. The molecule has 2 N–H and O–H groups in total. The first-order valence-electron chi connectivity index (χ1n) is 5.24. The average molecular weight is 228 g/mol. The van der Waals surface area contributed by atoms with Crippen LogP contribution in [0, 0.1) is 0 Å². The Bertz CT molecular complexity index is 291. The standard InChI is InChI=1S/C11H17N3.ClH/c1-9(12)10-4-5-11(13-8-10)14-6-2-3-7-14;/h4-5,8-9H,2-3,6-7,12H2,1H3;1H/t9-;/m0./s1. The van der Waals surface area contributed by atoms with Gasteiger partial charge in [-0.3, -0.25) is 0 Å². The topological polar surface area (TPSA) is 42.1 Å². The van der Waals surface area contributed by atoms with Gasteiger partial charge in [0.1, 0.15) is 5.82 Å². The zero-order valence-corrected chi connectivity index (χ0v) is 9.83. The molecule has 0 spiro atoms. The molecule has 1 aliphatic rings. The van der Waals surface area contributed by atoms with E-state index in [0.717, 1.165) is 24.5 Å². The summed E-state index contributed by atoms with van der Waals surface area (Å²) in [6, 6.07) is 4.23. The van der Waals surface area contributed by atoms with Gasteiger partial charge >= 0.3 is 0 Å². The Balaban J connectivity index is 0.00000112. The quantitative estimate of drug-likeness (QED) is 0.842. The summed E-state index contributed by atoms with van der Waals surface area (Å²) in [5.74, 6) is 1.09. The van der Waals surface area contributed by atoms with Crippen molar-refractivity contribution in [1.29, 1.82) is 0 Å². The van der Waals surface area contributed by atoms with Crippen LogP contribution in [-0.2, 0) is 0 Å². The summed E-state index contributed by atoms with van der Waals surface area (Å²) in [5.41, 5.74) is 6.87. The molecule has 1 atom stereocenters. The van der Waals surface area contributed by atoms with Crippen molar-refractivity contribution in [3.05, 3.63) is 23.9 Å². The van der Waals surface area contributed by atoms with Gasteiger partial charge in [-0.05, 0) is 31.4 Å². The fourth-order valence-electron chi connectivity index (χ4n) is 1.80. The molecule has 0 unspecified atom stereocenters. The van der Waals surface area contributed by atoms with E-state index in [2.05, 4.69) is 22.0 Å². The molecule has 1 fully saturated rings. The zero-order chi connectivity index (χ0) is 9.97. The Hall–Kier alpha value is -0.800. The Morgan fingerprint density at radius 3 is 2.47 bits per heavy atom. The predicted molar refractivity (Wildman–Crippen MR) is 65.5 cm³/mol. The predicted octanol–water partition coefficient (Wildman–Crippen LogP) is 2.12. The molecule has 1 aliphatic heterocycles. The first kappa shape index (κ1) is 12.3. The second-order valence-corrected chi connectivity index (χ2v) is 3.93. The summed E-state index contributed by atoms with van der Waals surface area (Å²) < 4.78 is 0. The molecule has 2 rings (SSSR count). The van der Waals surface area contributed by atoms with Crippen LogP contribution in [0.4, 0.5) is 5.82 Å².